The molecule has 1 amide bonds. The van der Waals surface area contributed by atoms with Gasteiger partial charge in [-0.25, -0.2) is 0 Å². The first-order chi connectivity index (χ1) is 17.0. The highest BCUT2D eigenvalue weighted by molar-refractivity contribution is 7.07. The summed E-state index contributed by atoms with van der Waals surface area (Å²) in [6, 6.07) is 9.43. The van der Waals surface area contributed by atoms with Gasteiger partial charge in [0.05, 0.1) is 0 Å². The largest absolute Gasteiger partial charge is 0.492 e. The van der Waals surface area contributed by atoms with E-state index in [1.54, 1.807) is 6.20 Å². The quantitative estimate of drug-likeness (QED) is 0.297. The summed E-state index contributed by atoms with van der Waals surface area (Å²) in [7, 11) is 0. The van der Waals surface area contributed by atoms with Crippen molar-refractivity contribution in [2.45, 2.75) is 26.3 Å². The van der Waals surface area contributed by atoms with Crippen LogP contribution in [0.2, 0.25) is 0 Å². The van der Waals surface area contributed by atoms with E-state index in [4.69, 9.17) is 4.74 Å². The number of carbonyl (C=O) groups is 1. The van der Waals surface area contributed by atoms with Crippen molar-refractivity contribution in [2.75, 3.05) is 38.1 Å². The third-order valence-corrected chi connectivity index (χ3v) is 6.34. The van der Waals surface area contributed by atoms with Gasteiger partial charge in [-0.05, 0) is 45.0 Å². The second-order valence-electron chi connectivity index (χ2n) is 7.75. The van der Waals surface area contributed by atoms with Crippen LogP contribution in [0.15, 0.2) is 53.5 Å². The molecule has 0 aliphatic carbocycles. The average Bonchev–Trinajstić information content (AvgIpc) is 3.49. The number of hydrogen-bond acceptors (Lipinski definition) is 7. The van der Waals surface area contributed by atoms with Crippen molar-refractivity contribution >= 4 is 34.4 Å². The lowest BCUT2D eigenvalue weighted by Crippen LogP contribution is -2.30. The van der Waals surface area contributed by atoms with Crippen LogP contribution in [-0.2, 0) is 11.3 Å². The molecular weight excluding hydrogens is 462 g/mol. The monoisotopic (exact) mass is 491 g/mol. The second-order valence-corrected chi connectivity index (χ2v) is 8.75. The molecule has 8 nitrogen and oxygen atoms in total. The number of likely N-dealkylation sites (tertiary alicyclic amines) is 1. The maximum absolute atomic E-state index is 12.7. The first-order valence-electron chi connectivity index (χ1n) is 11.5. The molecule has 2 N–H and O–H groups in total. The molecule has 2 aromatic rings. The Balaban J connectivity index is 1.80. The number of aromatic nitrogens is 1. The summed E-state index contributed by atoms with van der Waals surface area (Å²) >= 11 is 1.11. The lowest BCUT2D eigenvalue weighted by atomic mass is 10.3. The average molecular weight is 492 g/mol. The van der Waals surface area contributed by atoms with Gasteiger partial charge in [0.15, 0.2) is 5.57 Å². The van der Waals surface area contributed by atoms with E-state index >= 15 is 0 Å². The SMILES string of the molecule is C=CCNC(=O)C(=C=c1sc(=C=CNc2cccc(OCCN3CCCC3)c2)c(=O)n1CC)C#N. The summed E-state index contributed by atoms with van der Waals surface area (Å²) in [5.41, 5.74) is 6.08. The maximum atomic E-state index is 12.7. The summed E-state index contributed by atoms with van der Waals surface area (Å²) in [6.07, 6.45) is 5.60. The third-order valence-electron chi connectivity index (χ3n) is 5.33. The van der Waals surface area contributed by atoms with Crippen LogP contribution in [0, 0.1) is 11.3 Å². The molecule has 1 aliphatic rings. The number of anilines is 1. The number of thiazole rings is 1. The van der Waals surface area contributed by atoms with Crippen molar-refractivity contribution < 1.29 is 9.53 Å². The fourth-order valence-electron chi connectivity index (χ4n) is 3.54. The van der Waals surface area contributed by atoms with Crippen LogP contribution in [0.4, 0.5) is 5.69 Å². The van der Waals surface area contributed by atoms with Gasteiger partial charge < -0.3 is 15.4 Å². The maximum Gasteiger partial charge on any atom is 0.277 e. The Morgan fingerprint density at radius 3 is 2.86 bits per heavy atom. The van der Waals surface area contributed by atoms with Gasteiger partial charge in [0.1, 0.15) is 27.6 Å². The molecule has 1 saturated heterocycles. The molecule has 1 aromatic carbocycles. The van der Waals surface area contributed by atoms with Gasteiger partial charge in [-0.15, -0.1) is 6.58 Å². The first kappa shape index (κ1) is 25.8. The third kappa shape index (κ3) is 7.35. The molecule has 35 heavy (non-hydrogen) atoms. The van der Waals surface area contributed by atoms with Crippen molar-refractivity contribution in [1.82, 2.24) is 14.8 Å². The van der Waals surface area contributed by atoms with Crippen LogP contribution in [0.3, 0.4) is 0 Å². The molecule has 2 heterocycles. The summed E-state index contributed by atoms with van der Waals surface area (Å²) in [5, 5.41) is 15.0. The van der Waals surface area contributed by atoms with E-state index < -0.39 is 5.91 Å². The fraction of sp³-hybridized carbons (Fsp3) is 0.346. The van der Waals surface area contributed by atoms with E-state index in [1.165, 1.54) is 23.5 Å². The van der Waals surface area contributed by atoms with Crippen molar-refractivity contribution in [3.05, 3.63) is 68.2 Å². The Morgan fingerprint density at radius 2 is 2.14 bits per heavy atom. The number of nitrogens with zero attached hydrogens (tertiary/aromatic N) is 3. The van der Waals surface area contributed by atoms with Gasteiger partial charge in [-0.3, -0.25) is 19.1 Å². The highest BCUT2D eigenvalue weighted by Gasteiger charge is 2.11. The minimum atomic E-state index is -0.568. The van der Waals surface area contributed by atoms with Gasteiger partial charge in [0, 0.05) is 37.6 Å². The summed E-state index contributed by atoms with van der Waals surface area (Å²) in [6.45, 7) is 9.79. The van der Waals surface area contributed by atoms with Crippen LogP contribution in [-0.4, -0.2) is 48.2 Å². The fourth-order valence-corrected chi connectivity index (χ4v) is 4.52. The van der Waals surface area contributed by atoms with Gasteiger partial charge in [-0.2, -0.15) is 5.26 Å². The number of benzene rings is 1. The predicted molar refractivity (Wildman–Crippen MR) is 138 cm³/mol. The van der Waals surface area contributed by atoms with Crippen molar-refractivity contribution in [2.24, 2.45) is 0 Å². The molecule has 182 valence electrons. The molecule has 0 unspecified atom stereocenters. The van der Waals surface area contributed by atoms with Crippen LogP contribution < -0.4 is 30.1 Å². The Kier molecular flexibility index (Phi) is 9.73. The van der Waals surface area contributed by atoms with Crippen LogP contribution in [0.25, 0.3) is 11.5 Å². The van der Waals surface area contributed by atoms with Crippen LogP contribution in [0.5, 0.6) is 5.75 Å². The second kappa shape index (κ2) is 13.2. The van der Waals surface area contributed by atoms with Crippen LogP contribution >= 0.6 is 11.3 Å². The first-order valence-corrected chi connectivity index (χ1v) is 12.3. The highest BCUT2D eigenvalue weighted by Crippen LogP contribution is 2.17. The van der Waals surface area contributed by atoms with Crippen molar-refractivity contribution in [3.63, 3.8) is 0 Å². The molecule has 0 atom stereocenters. The molecule has 1 aromatic heterocycles. The molecular formula is C26H29N5O3S. The molecule has 0 saturated carbocycles. The van der Waals surface area contributed by atoms with Crippen LogP contribution in [0.1, 0.15) is 19.8 Å². The standard InChI is InChI=1S/C26H29N5O3S/c1-3-11-29-25(32)20(19-27)17-24-31(4-2)26(33)23(35-24)10-12-28-21-8-7-9-22(18-21)34-16-15-30-13-5-6-14-30/h3,7-9,12,18,28H,1,4-6,11,13-16H2,2H3,(H,29,32). The molecule has 0 bridgehead atoms. The van der Waals surface area contributed by atoms with E-state index in [0.29, 0.717) is 22.3 Å². The Labute approximate surface area is 208 Å². The van der Waals surface area contributed by atoms with E-state index in [2.05, 4.69) is 33.6 Å². The number of amides is 1. The number of carbonyl (C=O) groups excluding carboxylic acids is 1. The van der Waals surface area contributed by atoms with Gasteiger partial charge >= 0.3 is 0 Å². The van der Waals surface area contributed by atoms with E-state index in [1.807, 2.05) is 37.3 Å². The molecule has 0 spiro atoms. The van der Waals surface area contributed by atoms with E-state index in [0.717, 1.165) is 42.4 Å². The summed E-state index contributed by atoms with van der Waals surface area (Å²) in [4.78, 5) is 27.3. The number of nitriles is 1. The number of nitrogens with one attached hydrogen (secondary N) is 2. The van der Waals surface area contributed by atoms with Gasteiger partial charge in [-0.1, -0.05) is 34.9 Å². The Bertz CT molecular complexity index is 1350. The zero-order chi connectivity index (χ0) is 25.0. The topological polar surface area (TPSA) is 99.4 Å². The summed E-state index contributed by atoms with van der Waals surface area (Å²) in [5.74, 6) is 0.203. The Hall–Kier alpha value is -3.79. The van der Waals surface area contributed by atoms with Crippen molar-refractivity contribution in [3.8, 4) is 11.8 Å². The number of rotatable bonds is 10. The summed E-state index contributed by atoms with van der Waals surface area (Å²) < 4.78 is 8.05. The lowest BCUT2D eigenvalue weighted by Gasteiger charge is -2.15. The molecule has 9 heteroatoms. The van der Waals surface area contributed by atoms with Crippen molar-refractivity contribution in [1.29, 1.82) is 5.26 Å². The molecule has 1 fully saturated rings. The number of ether oxygens (including phenoxy) is 1. The Morgan fingerprint density at radius 1 is 1.34 bits per heavy atom. The zero-order valence-corrected chi connectivity index (χ0v) is 20.6. The molecule has 1 aliphatic heterocycles. The zero-order valence-electron chi connectivity index (χ0n) is 19.8. The normalized spacial score (nSPS) is 12.7. The number of hydrogen-bond donors (Lipinski definition) is 2. The van der Waals surface area contributed by atoms with Gasteiger partial charge in [0.2, 0.25) is 0 Å². The molecule has 0 radical (unpaired) electrons. The predicted octanol–water partition coefficient (Wildman–Crippen LogP) is 1.54. The van der Waals surface area contributed by atoms with E-state index in [9.17, 15) is 14.9 Å². The minimum absolute atomic E-state index is 0.203. The lowest BCUT2D eigenvalue weighted by molar-refractivity contribution is -0.116. The van der Waals surface area contributed by atoms with E-state index in [-0.39, 0.29) is 17.7 Å². The molecule has 3 rings (SSSR count). The minimum Gasteiger partial charge on any atom is -0.492 e. The highest BCUT2D eigenvalue weighted by atomic mass is 32.1. The van der Waals surface area contributed by atoms with Gasteiger partial charge in [0.25, 0.3) is 11.5 Å². The smallest absolute Gasteiger partial charge is 0.277 e.